The molecule has 1 saturated heterocycles. The van der Waals surface area contributed by atoms with Crippen molar-refractivity contribution in [2.45, 2.75) is 25.8 Å². The van der Waals surface area contributed by atoms with Crippen LogP contribution in [0.5, 0.6) is 0 Å². The van der Waals surface area contributed by atoms with E-state index in [-0.39, 0.29) is 17.5 Å². The van der Waals surface area contributed by atoms with Gasteiger partial charge in [0.15, 0.2) is 0 Å². The quantitative estimate of drug-likeness (QED) is 0.850. The van der Waals surface area contributed by atoms with Crippen molar-refractivity contribution in [1.29, 1.82) is 0 Å². The first kappa shape index (κ1) is 13.0. The maximum Gasteiger partial charge on any atom is 0.241 e. The van der Waals surface area contributed by atoms with E-state index in [1.165, 1.54) is 6.07 Å². The number of para-hydroxylation sites is 1. The fourth-order valence-electron chi connectivity index (χ4n) is 2.22. The van der Waals surface area contributed by atoms with Crippen molar-refractivity contribution in [3.05, 3.63) is 29.8 Å². The molecule has 18 heavy (non-hydrogen) atoms. The van der Waals surface area contributed by atoms with Gasteiger partial charge in [0.1, 0.15) is 17.3 Å². The molecule has 1 aromatic carbocycles. The molecule has 0 aliphatic carbocycles. The summed E-state index contributed by atoms with van der Waals surface area (Å²) < 4.78 is 26.8. The first-order chi connectivity index (χ1) is 8.59. The second-order valence-electron chi connectivity index (χ2n) is 4.64. The Morgan fingerprint density at radius 3 is 2.67 bits per heavy atom. The van der Waals surface area contributed by atoms with E-state index in [0.717, 1.165) is 31.5 Å². The number of hydrogen-bond donors (Lipinski definition) is 2. The third kappa shape index (κ3) is 2.67. The predicted octanol–water partition coefficient (Wildman–Crippen LogP) is 2.29. The number of benzene rings is 1. The SMILES string of the molecule is CC1CCCNC1C(=O)Nc1c(F)cccc1F. The fourth-order valence-corrected chi connectivity index (χ4v) is 2.22. The molecule has 98 valence electrons. The second-order valence-corrected chi connectivity index (χ2v) is 4.64. The van der Waals surface area contributed by atoms with Gasteiger partial charge in [0.25, 0.3) is 0 Å². The Hall–Kier alpha value is -1.49. The lowest BCUT2D eigenvalue weighted by atomic mass is 9.92. The Morgan fingerprint density at radius 1 is 1.39 bits per heavy atom. The molecule has 2 rings (SSSR count). The fraction of sp³-hybridized carbons (Fsp3) is 0.462. The van der Waals surface area contributed by atoms with Gasteiger partial charge in [-0.25, -0.2) is 8.78 Å². The van der Waals surface area contributed by atoms with Gasteiger partial charge in [0.05, 0.1) is 6.04 Å². The predicted molar refractivity (Wildman–Crippen MR) is 65.2 cm³/mol. The molecule has 1 heterocycles. The summed E-state index contributed by atoms with van der Waals surface area (Å²) in [4.78, 5) is 12.0. The molecule has 0 saturated carbocycles. The highest BCUT2D eigenvalue weighted by Gasteiger charge is 2.28. The molecule has 2 atom stereocenters. The second kappa shape index (κ2) is 5.44. The molecule has 0 bridgehead atoms. The average Bonchev–Trinajstić information content (AvgIpc) is 2.34. The molecule has 0 radical (unpaired) electrons. The van der Waals surface area contributed by atoms with Crippen LogP contribution in [0, 0.1) is 17.6 Å². The number of rotatable bonds is 2. The van der Waals surface area contributed by atoms with Gasteiger partial charge in [-0.2, -0.15) is 0 Å². The van der Waals surface area contributed by atoms with Crippen LogP contribution in [0.25, 0.3) is 0 Å². The Bertz CT molecular complexity index is 430. The number of nitrogens with one attached hydrogen (secondary N) is 2. The van der Waals surface area contributed by atoms with E-state index in [1.54, 1.807) is 0 Å². The number of carbonyl (C=O) groups is 1. The van der Waals surface area contributed by atoms with Crippen LogP contribution in [0.1, 0.15) is 19.8 Å². The van der Waals surface area contributed by atoms with Gasteiger partial charge >= 0.3 is 0 Å². The number of hydrogen-bond acceptors (Lipinski definition) is 2. The van der Waals surface area contributed by atoms with E-state index in [1.807, 2.05) is 6.92 Å². The zero-order chi connectivity index (χ0) is 13.1. The minimum absolute atomic E-state index is 0.161. The van der Waals surface area contributed by atoms with Crippen LogP contribution in [0.15, 0.2) is 18.2 Å². The topological polar surface area (TPSA) is 41.1 Å². The van der Waals surface area contributed by atoms with E-state index in [9.17, 15) is 13.6 Å². The summed E-state index contributed by atoms with van der Waals surface area (Å²) in [6.45, 7) is 2.70. The summed E-state index contributed by atoms with van der Waals surface area (Å²) in [7, 11) is 0. The molecule has 1 aromatic rings. The van der Waals surface area contributed by atoms with E-state index < -0.39 is 17.7 Å². The maximum atomic E-state index is 13.4. The van der Waals surface area contributed by atoms with Crippen LogP contribution in [0.3, 0.4) is 0 Å². The molecule has 1 aliphatic rings. The molecule has 0 spiro atoms. The van der Waals surface area contributed by atoms with Gasteiger partial charge in [-0.05, 0) is 37.4 Å². The van der Waals surface area contributed by atoms with Crippen molar-refractivity contribution in [2.75, 3.05) is 11.9 Å². The third-order valence-electron chi connectivity index (χ3n) is 3.26. The molecule has 1 amide bonds. The lowest BCUT2D eigenvalue weighted by Gasteiger charge is -2.29. The summed E-state index contributed by atoms with van der Waals surface area (Å²) in [6.07, 6.45) is 1.95. The first-order valence-corrected chi connectivity index (χ1v) is 6.08. The van der Waals surface area contributed by atoms with E-state index in [2.05, 4.69) is 10.6 Å². The van der Waals surface area contributed by atoms with E-state index in [0.29, 0.717) is 0 Å². The van der Waals surface area contributed by atoms with Gasteiger partial charge in [0.2, 0.25) is 5.91 Å². The number of halogens is 2. The molecule has 2 unspecified atom stereocenters. The summed E-state index contributed by atoms with van der Waals surface area (Å²) in [5.41, 5.74) is -0.373. The Balaban J connectivity index is 2.11. The largest absolute Gasteiger partial charge is 0.320 e. The zero-order valence-corrected chi connectivity index (χ0v) is 10.2. The summed E-state index contributed by atoms with van der Waals surface area (Å²) >= 11 is 0. The van der Waals surface area contributed by atoms with Gasteiger partial charge < -0.3 is 10.6 Å². The third-order valence-corrected chi connectivity index (χ3v) is 3.26. The van der Waals surface area contributed by atoms with Gasteiger partial charge in [-0.1, -0.05) is 13.0 Å². The van der Waals surface area contributed by atoms with Crippen LogP contribution in [-0.2, 0) is 4.79 Å². The van der Waals surface area contributed by atoms with Crippen molar-refractivity contribution in [3.63, 3.8) is 0 Å². The minimum Gasteiger partial charge on any atom is -0.320 e. The smallest absolute Gasteiger partial charge is 0.241 e. The number of piperidine rings is 1. The summed E-state index contributed by atoms with van der Waals surface area (Å²) in [5.74, 6) is -1.74. The first-order valence-electron chi connectivity index (χ1n) is 6.08. The van der Waals surface area contributed by atoms with Crippen LogP contribution < -0.4 is 10.6 Å². The minimum atomic E-state index is -0.758. The van der Waals surface area contributed by atoms with Crippen LogP contribution >= 0.6 is 0 Å². The van der Waals surface area contributed by atoms with Crippen molar-refractivity contribution in [2.24, 2.45) is 5.92 Å². The Labute approximate surface area is 105 Å². The molecule has 1 fully saturated rings. The van der Waals surface area contributed by atoms with E-state index >= 15 is 0 Å². The highest BCUT2D eigenvalue weighted by molar-refractivity contribution is 5.95. The molecular formula is C13H16F2N2O. The number of anilines is 1. The number of carbonyl (C=O) groups excluding carboxylic acids is 1. The van der Waals surface area contributed by atoms with Gasteiger partial charge in [-0.15, -0.1) is 0 Å². The maximum absolute atomic E-state index is 13.4. The lowest BCUT2D eigenvalue weighted by Crippen LogP contribution is -2.48. The van der Waals surface area contributed by atoms with Crippen LogP contribution in [0.4, 0.5) is 14.5 Å². The van der Waals surface area contributed by atoms with Gasteiger partial charge in [-0.3, -0.25) is 4.79 Å². The molecular weight excluding hydrogens is 238 g/mol. The Kier molecular flexibility index (Phi) is 3.91. The highest BCUT2D eigenvalue weighted by atomic mass is 19.1. The molecule has 5 heteroatoms. The number of amides is 1. The monoisotopic (exact) mass is 254 g/mol. The van der Waals surface area contributed by atoms with Crippen molar-refractivity contribution in [3.8, 4) is 0 Å². The van der Waals surface area contributed by atoms with Crippen molar-refractivity contribution in [1.82, 2.24) is 5.32 Å². The van der Waals surface area contributed by atoms with Crippen LogP contribution in [-0.4, -0.2) is 18.5 Å². The van der Waals surface area contributed by atoms with Gasteiger partial charge in [0, 0.05) is 0 Å². The average molecular weight is 254 g/mol. The summed E-state index contributed by atoms with van der Waals surface area (Å²) in [6, 6.07) is 3.12. The van der Waals surface area contributed by atoms with Crippen molar-refractivity contribution >= 4 is 11.6 Å². The Morgan fingerprint density at radius 2 is 2.06 bits per heavy atom. The molecule has 3 nitrogen and oxygen atoms in total. The molecule has 1 aliphatic heterocycles. The van der Waals surface area contributed by atoms with Crippen LogP contribution in [0.2, 0.25) is 0 Å². The molecule has 0 aromatic heterocycles. The highest BCUT2D eigenvalue weighted by Crippen LogP contribution is 2.21. The van der Waals surface area contributed by atoms with Crippen molar-refractivity contribution < 1.29 is 13.6 Å². The van der Waals surface area contributed by atoms with E-state index in [4.69, 9.17) is 0 Å². The lowest BCUT2D eigenvalue weighted by molar-refractivity contribution is -0.119. The molecule has 2 N–H and O–H groups in total. The standard InChI is InChI=1S/C13H16F2N2O/c1-8-4-3-7-16-11(8)13(18)17-12-9(14)5-2-6-10(12)15/h2,5-6,8,11,16H,3-4,7H2,1H3,(H,17,18). The normalized spacial score (nSPS) is 23.7. The summed E-state index contributed by atoms with van der Waals surface area (Å²) in [5, 5.41) is 5.40. The zero-order valence-electron chi connectivity index (χ0n) is 10.2.